The zero-order chi connectivity index (χ0) is 5.11. The quantitative estimate of drug-likeness (QED) is 0.442. The highest BCUT2D eigenvalue weighted by molar-refractivity contribution is 8.02. The van der Waals surface area contributed by atoms with Gasteiger partial charge in [0.25, 0.3) is 5.91 Å². The summed E-state index contributed by atoms with van der Waals surface area (Å²) in [6.07, 6.45) is 0. The lowest BCUT2D eigenvalue weighted by Crippen LogP contribution is -2.40. The fourth-order valence-corrected chi connectivity index (χ4v) is 0.678. The van der Waals surface area contributed by atoms with E-state index in [9.17, 15) is 4.79 Å². The van der Waals surface area contributed by atoms with E-state index in [2.05, 4.69) is 16.6 Å². The van der Waals surface area contributed by atoms with Crippen molar-refractivity contribution in [1.29, 1.82) is 0 Å². The summed E-state index contributed by atoms with van der Waals surface area (Å²) in [5.74, 6) is 3.02. The normalized spacial score (nSPS) is 21.4. The molecule has 0 aromatic heterocycles. The minimum atomic E-state index is -0.184. The molecule has 1 amide bonds. The van der Waals surface area contributed by atoms with Crippen LogP contribution < -0.4 is 10.9 Å². The van der Waals surface area contributed by atoms with E-state index < -0.39 is 0 Å². The molecule has 1 saturated heterocycles. The minimum absolute atomic E-state index is 0.184. The third kappa shape index (κ3) is 1.36. The van der Waals surface area contributed by atoms with E-state index in [4.69, 9.17) is 0 Å². The molecule has 0 aromatic rings. The number of hydrazine groups is 1. The number of nitrogens with one attached hydrogen (secondary N) is 2. The van der Waals surface area contributed by atoms with Crippen LogP contribution in [0, 0.1) is 5.75 Å². The van der Waals surface area contributed by atoms with Crippen molar-refractivity contribution in [2.24, 2.45) is 0 Å². The van der Waals surface area contributed by atoms with Gasteiger partial charge in [-0.3, -0.25) is 10.2 Å². The van der Waals surface area contributed by atoms with Crippen LogP contribution in [0.4, 0.5) is 0 Å². The third-order valence-electron chi connectivity index (χ3n) is 0.511. The van der Waals surface area contributed by atoms with Gasteiger partial charge in [0.15, 0.2) is 0 Å². The molecule has 7 heavy (non-hydrogen) atoms. The Hall–Kier alpha value is -0.220. The van der Waals surface area contributed by atoms with E-state index in [1.54, 1.807) is 0 Å². The first-order valence-corrected chi connectivity index (χ1v) is 2.79. The lowest BCUT2D eigenvalue weighted by atomic mass is 10.7. The zero-order valence-corrected chi connectivity index (χ0v) is 4.34. The van der Waals surface area contributed by atoms with Crippen LogP contribution in [0.2, 0.25) is 0 Å². The molecule has 0 bridgehead atoms. The molecule has 0 atom stereocenters. The van der Waals surface area contributed by atoms with Gasteiger partial charge in [0, 0.05) is 0 Å². The predicted octanol–water partition coefficient (Wildman–Crippen LogP) is -0.650. The van der Waals surface area contributed by atoms with Gasteiger partial charge in [-0.25, -0.2) is 5.43 Å². The Morgan fingerprint density at radius 1 is 1.86 bits per heavy atom. The highest BCUT2D eigenvalue weighted by Gasteiger charge is 2.05. The number of hydrogen-bond acceptors (Lipinski definition) is 3. The molecule has 1 heterocycles. The zero-order valence-electron chi connectivity index (χ0n) is 3.52. The van der Waals surface area contributed by atoms with E-state index in [1.165, 1.54) is 11.8 Å². The van der Waals surface area contributed by atoms with Crippen molar-refractivity contribution in [3.05, 3.63) is 5.75 Å². The van der Waals surface area contributed by atoms with Gasteiger partial charge in [0.05, 0.1) is 5.88 Å². The van der Waals surface area contributed by atoms with Crippen LogP contribution in [0.15, 0.2) is 0 Å². The maximum Gasteiger partial charge on any atom is 0.254 e. The van der Waals surface area contributed by atoms with Gasteiger partial charge in [-0.2, -0.15) is 0 Å². The minimum Gasteiger partial charge on any atom is -0.289 e. The van der Waals surface area contributed by atoms with E-state index in [0.29, 0.717) is 5.88 Å². The summed E-state index contributed by atoms with van der Waals surface area (Å²) >= 11 is 1.33. The molecule has 1 aliphatic heterocycles. The van der Waals surface area contributed by atoms with Crippen LogP contribution in [-0.4, -0.2) is 11.8 Å². The summed E-state index contributed by atoms with van der Waals surface area (Å²) in [6.45, 7) is 0. The Bertz CT molecular complexity index is 77.0. The number of rotatable bonds is 0. The van der Waals surface area contributed by atoms with Crippen molar-refractivity contribution in [2.45, 2.75) is 0 Å². The number of carbonyl (C=O) groups is 1. The molecule has 0 saturated carbocycles. The van der Waals surface area contributed by atoms with Crippen LogP contribution >= 0.6 is 11.8 Å². The summed E-state index contributed by atoms with van der Waals surface area (Å²) in [6, 6.07) is 0. The first-order chi connectivity index (χ1) is 3.39. The summed E-state index contributed by atoms with van der Waals surface area (Å²) in [7, 11) is 0. The number of thioether (sulfide) groups is 1. The van der Waals surface area contributed by atoms with Crippen LogP contribution in [0.5, 0.6) is 0 Å². The van der Waals surface area contributed by atoms with E-state index in [1.807, 2.05) is 0 Å². The first-order valence-electron chi connectivity index (χ1n) is 1.80. The summed E-state index contributed by atoms with van der Waals surface area (Å²) in [5, 5.41) is 0. The molecule has 3 nitrogen and oxygen atoms in total. The SMILES string of the molecule is O=C1[C]SCNN1. The van der Waals surface area contributed by atoms with E-state index in [-0.39, 0.29) is 5.91 Å². The molecule has 0 unspecified atom stereocenters. The molecule has 38 valence electrons. The van der Waals surface area contributed by atoms with Crippen molar-refractivity contribution in [3.63, 3.8) is 0 Å². The molecule has 1 fully saturated rings. The second kappa shape index (κ2) is 2.18. The van der Waals surface area contributed by atoms with Crippen LogP contribution in [0.25, 0.3) is 0 Å². The molecule has 2 radical (unpaired) electrons. The summed E-state index contributed by atoms with van der Waals surface area (Å²) in [5.41, 5.74) is 5.00. The Labute approximate surface area is 45.8 Å². The molecule has 1 rings (SSSR count). The largest absolute Gasteiger partial charge is 0.289 e. The molecular formula is C3H4N2OS. The molecule has 0 aromatic carbocycles. The maximum atomic E-state index is 10.2. The van der Waals surface area contributed by atoms with Crippen LogP contribution in [-0.2, 0) is 4.79 Å². The monoisotopic (exact) mass is 116 g/mol. The fourth-order valence-electron chi connectivity index (χ4n) is 0.280. The van der Waals surface area contributed by atoms with Gasteiger partial charge in [0.1, 0.15) is 5.75 Å². The second-order valence-electron chi connectivity index (χ2n) is 1.02. The van der Waals surface area contributed by atoms with Crippen molar-refractivity contribution in [1.82, 2.24) is 10.9 Å². The summed E-state index contributed by atoms with van der Waals surface area (Å²) < 4.78 is 0. The van der Waals surface area contributed by atoms with Crippen molar-refractivity contribution < 1.29 is 4.79 Å². The lowest BCUT2D eigenvalue weighted by Gasteiger charge is -2.09. The average molecular weight is 116 g/mol. The molecule has 4 heteroatoms. The average Bonchev–Trinajstić information content (AvgIpc) is 1.69. The van der Waals surface area contributed by atoms with Gasteiger partial charge >= 0.3 is 0 Å². The smallest absolute Gasteiger partial charge is 0.254 e. The lowest BCUT2D eigenvalue weighted by molar-refractivity contribution is -0.118. The van der Waals surface area contributed by atoms with Crippen LogP contribution in [0.3, 0.4) is 0 Å². The fraction of sp³-hybridized carbons (Fsp3) is 0.333. The van der Waals surface area contributed by atoms with Gasteiger partial charge in [0.2, 0.25) is 0 Å². The second-order valence-corrected chi connectivity index (χ2v) is 1.80. The molecule has 0 spiro atoms. The number of amides is 1. The maximum absolute atomic E-state index is 10.2. The van der Waals surface area contributed by atoms with Gasteiger partial charge in [-0.1, -0.05) is 0 Å². The van der Waals surface area contributed by atoms with E-state index >= 15 is 0 Å². The predicted molar refractivity (Wildman–Crippen MR) is 27.0 cm³/mol. The Morgan fingerprint density at radius 2 is 2.71 bits per heavy atom. The number of carbonyl (C=O) groups excluding carboxylic acids is 1. The van der Waals surface area contributed by atoms with Crippen molar-refractivity contribution in [3.8, 4) is 0 Å². The van der Waals surface area contributed by atoms with Crippen molar-refractivity contribution >= 4 is 17.7 Å². The topological polar surface area (TPSA) is 41.1 Å². The van der Waals surface area contributed by atoms with E-state index in [0.717, 1.165) is 0 Å². The van der Waals surface area contributed by atoms with Gasteiger partial charge in [-0.05, 0) is 0 Å². The molecule has 0 aliphatic carbocycles. The Kier molecular flexibility index (Phi) is 1.54. The Morgan fingerprint density at radius 3 is 3.00 bits per heavy atom. The van der Waals surface area contributed by atoms with Crippen LogP contribution in [0.1, 0.15) is 0 Å². The Balaban J connectivity index is 2.25. The standard InChI is InChI=1S/C3H4N2OS/c6-3-1-7-2-4-5-3/h4H,2H2,(H,5,6). The van der Waals surface area contributed by atoms with Gasteiger partial charge < -0.3 is 0 Å². The summed E-state index contributed by atoms with van der Waals surface area (Å²) in [4.78, 5) is 10.2. The number of hydrogen-bond donors (Lipinski definition) is 2. The highest BCUT2D eigenvalue weighted by Crippen LogP contribution is 2.03. The van der Waals surface area contributed by atoms with Gasteiger partial charge in [-0.15, -0.1) is 11.8 Å². The molecular weight excluding hydrogens is 112 g/mol. The highest BCUT2D eigenvalue weighted by atomic mass is 32.2. The van der Waals surface area contributed by atoms with Crippen molar-refractivity contribution in [2.75, 3.05) is 5.88 Å². The molecule has 1 aliphatic rings. The third-order valence-corrected chi connectivity index (χ3v) is 1.13. The first kappa shape index (κ1) is 4.93. The molecule has 2 N–H and O–H groups in total.